The van der Waals surface area contributed by atoms with Gasteiger partial charge in [-0.25, -0.2) is 9.59 Å². The Bertz CT molecular complexity index is 709. The van der Waals surface area contributed by atoms with Crippen LogP contribution in [0.2, 0.25) is 10.0 Å². The second-order valence-corrected chi connectivity index (χ2v) is 8.39. The molecule has 0 spiro atoms. The van der Waals surface area contributed by atoms with Gasteiger partial charge in [0.2, 0.25) is 0 Å². The van der Waals surface area contributed by atoms with E-state index in [9.17, 15) is 22.8 Å². The summed E-state index contributed by atoms with van der Waals surface area (Å²) in [5, 5.41) is -0.669. The van der Waals surface area contributed by atoms with Crippen molar-refractivity contribution in [3.8, 4) is 0 Å². The number of benzene rings is 1. The third-order valence-corrected chi connectivity index (χ3v) is 3.46. The molecule has 0 saturated heterocycles. The maximum absolute atomic E-state index is 13.5. The highest BCUT2D eigenvalue weighted by Crippen LogP contribution is 2.41. The molecule has 0 atom stereocenters. The quantitative estimate of drug-likeness (QED) is 0.498. The van der Waals surface area contributed by atoms with Crippen molar-refractivity contribution in [1.82, 2.24) is 0 Å². The number of imide groups is 1. The van der Waals surface area contributed by atoms with Crippen LogP contribution in [-0.2, 0) is 15.7 Å². The standard InChI is InChI=1S/C17H20Cl2F3NO4/c1-15(2,3)26-13(24)23(14(25)27-16(4,5)6)12-8-11(19)10(18)7-9(12)17(20,21)22/h7-8H,1-6H3. The molecule has 0 radical (unpaired) electrons. The molecule has 0 aromatic heterocycles. The van der Waals surface area contributed by atoms with Crippen LogP contribution >= 0.6 is 23.2 Å². The zero-order valence-corrected chi connectivity index (χ0v) is 17.1. The molecule has 0 aliphatic rings. The second-order valence-electron chi connectivity index (χ2n) is 7.58. The van der Waals surface area contributed by atoms with E-state index in [1.165, 1.54) is 41.5 Å². The highest BCUT2D eigenvalue weighted by molar-refractivity contribution is 6.42. The van der Waals surface area contributed by atoms with Gasteiger partial charge in [0.15, 0.2) is 0 Å². The van der Waals surface area contributed by atoms with E-state index in [-0.39, 0.29) is 14.9 Å². The summed E-state index contributed by atoms with van der Waals surface area (Å²) in [5.41, 5.74) is -4.34. The number of halogens is 5. The predicted molar refractivity (Wildman–Crippen MR) is 96.4 cm³/mol. The largest absolute Gasteiger partial charge is 0.443 e. The molecule has 5 nitrogen and oxygen atoms in total. The maximum Gasteiger partial charge on any atom is 0.424 e. The fourth-order valence-electron chi connectivity index (χ4n) is 1.83. The summed E-state index contributed by atoms with van der Waals surface area (Å²) in [4.78, 5) is 25.2. The number of alkyl halides is 3. The van der Waals surface area contributed by atoms with Gasteiger partial charge in [0, 0.05) is 0 Å². The Labute approximate surface area is 165 Å². The van der Waals surface area contributed by atoms with E-state index in [1.807, 2.05) is 0 Å². The second kappa shape index (κ2) is 7.75. The Kier molecular flexibility index (Phi) is 6.71. The number of hydrogen-bond donors (Lipinski definition) is 0. The van der Waals surface area contributed by atoms with Gasteiger partial charge >= 0.3 is 18.4 Å². The fourth-order valence-corrected chi connectivity index (χ4v) is 2.16. The minimum absolute atomic E-state index is 0.154. The van der Waals surface area contributed by atoms with Crippen molar-refractivity contribution in [2.24, 2.45) is 0 Å². The zero-order valence-electron chi connectivity index (χ0n) is 15.6. The number of carbonyl (C=O) groups is 2. The first-order valence-electron chi connectivity index (χ1n) is 7.75. The average molecular weight is 430 g/mol. The number of ether oxygens (including phenoxy) is 2. The molecule has 0 fully saturated rings. The van der Waals surface area contributed by atoms with Crippen LogP contribution in [-0.4, -0.2) is 23.4 Å². The summed E-state index contributed by atoms with van der Waals surface area (Å²) < 4.78 is 50.6. The van der Waals surface area contributed by atoms with E-state index in [2.05, 4.69) is 0 Å². The van der Waals surface area contributed by atoms with Crippen LogP contribution in [0.3, 0.4) is 0 Å². The molecule has 0 saturated carbocycles. The lowest BCUT2D eigenvalue weighted by Crippen LogP contribution is -2.44. The highest BCUT2D eigenvalue weighted by Gasteiger charge is 2.41. The molecule has 0 heterocycles. The minimum atomic E-state index is -4.92. The van der Waals surface area contributed by atoms with E-state index >= 15 is 0 Å². The molecular formula is C17H20Cl2F3NO4. The zero-order chi connectivity index (χ0) is 21.4. The van der Waals surface area contributed by atoms with Crippen LogP contribution in [0.1, 0.15) is 47.1 Å². The fraction of sp³-hybridized carbons (Fsp3) is 0.529. The van der Waals surface area contributed by atoms with Gasteiger partial charge in [-0.1, -0.05) is 23.2 Å². The number of nitrogens with zero attached hydrogens (tertiary/aromatic N) is 1. The Morgan fingerprint density at radius 2 is 1.22 bits per heavy atom. The molecule has 0 unspecified atom stereocenters. The monoisotopic (exact) mass is 429 g/mol. The van der Waals surface area contributed by atoms with Crippen molar-refractivity contribution in [2.45, 2.75) is 58.9 Å². The van der Waals surface area contributed by atoms with Gasteiger partial charge in [-0.15, -0.1) is 0 Å². The number of rotatable bonds is 1. The Balaban J connectivity index is 3.62. The maximum atomic E-state index is 13.5. The third kappa shape index (κ3) is 6.77. The normalized spacial score (nSPS) is 12.6. The van der Waals surface area contributed by atoms with Gasteiger partial charge < -0.3 is 9.47 Å². The van der Waals surface area contributed by atoms with Gasteiger partial charge in [-0.05, 0) is 53.7 Å². The molecule has 27 heavy (non-hydrogen) atoms. The van der Waals surface area contributed by atoms with Crippen molar-refractivity contribution >= 4 is 41.1 Å². The topological polar surface area (TPSA) is 55.8 Å². The highest BCUT2D eigenvalue weighted by atomic mass is 35.5. The van der Waals surface area contributed by atoms with Crippen molar-refractivity contribution < 1.29 is 32.2 Å². The summed E-state index contributed by atoms with van der Waals surface area (Å²) in [6.45, 7) is 8.99. The van der Waals surface area contributed by atoms with Crippen LogP contribution in [0.15, 0.2) is 12.1 Å². The van der Waals surface area contributed by atoms with Gasteiger partial charge in [-0.3, -0.25) is 0 Å². The van der Waals surface area contributed by atoms with Crippen LogP contribution < -0.4 is 4.90 Å². The Morgan fingerprint density at radius 3 is 1.56 bits per heavy atom. The van der Waals surface area contributed by atoms with Crippen LogP contribution in [0.25, 0.3) is 0 Å². The molecule has 1 aromatic rings. The van der Waals surface area contributed by atoms with Crippen LogP contribution in [0.5, 0.6) is 0 Å². The van der Waals surface area contributed by atoms with Crippen molar-refractivity contribution in [1.29, 1.82) is 0 Å². The van der Waals surface area contributed by atoms with Crippen LogP contribution in [0, 0.1) is 0 Å². The van der Waals surface area contributed by atoms with E-state index in [4.69, 9.17) is 32.7 Å². The summed E-state index contributed by atoms with van der Waals surface area (Å²) in [7, 11) is 0. The first-order valence-corrected chi connectivity index (χ1v) is 8.50. The molecular weight excluding hydrogens is 410 g/mol. The lowest BCUT2D eigenvalue weighted by atomic mass is 10.1. The van der Waals surface area contributed by atoms with E-state index in [0.717, 1.165) is 6.07 Å². The van der Waals surface area contributed by atoms with Crippen molar-refractivity contribution in [3.63, 3.8) is 0 Å². The van der Waals surface area contributed by atoms with Crippen molar-refractivity contribution in [2.75, 3.05) is 4.90 Å². The summed E-state index contributed by atoms with van der Waals surface area (Å²) in [5.74, 6) is 0. The molecule has 10 heteroatoms. The number of anilines is 1. The first-order chi connectivity index (χ1) is 11.9. The van der Waals surface area contributed by atoms with Gasteiger partial charge in [0.05, 0.1) is 21.3 Å². The number of hydrogen-bond acceptors (Lipinski definition) is 4. The molecule has 1 rings (SSSR count). The lowest BCUT2D eigenvalue weighted by Gasteiger charge is -2.30. The molecule has 0 bridgehead atoms. The van der Waals surface area contributed by atoms with Crippen LogP contribution in [0.4, 0.5) is 28.4 Å². The average Bonchev–Trinajstić information content (AvgIpc) is 2.37. The summed E-state index contributed by atoms with van der Waals surface area (Å²) in [6.07, 6.45) is -7.62. The van der Waals surface area contributed by atoms with E-state index in [1.54, 1.807) is 0 Å². The van der Waals surface area contributed by atoms with E-state index < -0.39 is 40.8 Å². The summed E-state index contributed by atoms with van der Waals surface area (Å²) >= 11 is 11.5. The molecule has 0 aliphatic carbocycles. The lowest BCUT2D eigenvalue weighted by molar-refractivity contribution is -0.137. The Morgan fingerprint density at radius 1 is 0.852 bits per heavy atom. The first kappa shape index (κ1) is 23.4. The SMILES string of the molecule is CC(C)(C)OC(=O)N(C(=O)OC(C)(C)C)c1cc(Cl)c(Cl)cc1C(F)(F)F. The third-order valence-electron chi connectivity index (χ3n) is 2.74. The number of amides is 2. The Hall–Kier alpha value is -1.67. The van der Waals surface area contributed by atoms with Gasteiger partial charge in [0.25, 0.3) is 0 Å². The minimum Gasteiger partial charge on any atom is -0.443 e. The molecule has 0 aliphatic heterocycles. The molecule has 2 amide bonds. The van der Waals surface area contributed by atoms with Gasteiger partial charge in [-0.2, -0.15) is 18.1 Å². The molecule has 152 valence electrons. The molecule has 1 aromatic carbocycles. The summed E-state index contributed by atoms with van der Waals surface area (Å²) in [6, 6.07) is 1.29. The predicted octanol–water partition coefficient (Wildman–Crippen LogP) is 6.69. The van der Waals surface area contributed by atoms with E-state index in [0.29, 0.717) is 6.07 Å². The molecule has 0 N–H and O–H groups in total. The number of carbonyl (C=O) groups excluding carboxylic acids is 2. The van der Waals surface area contributed by atoms with Crippen molar-refractivity contribution in [3.05, 3.63) is 27.7 Å². The van der Waals surface area contributed by atoms with Gasteiger partial charge in [0.1, 0.15) is 11.2 Å². The smallest absolute Gasteiger partial charge is 0.424 e.